The van der Waals surface area contributed by atoms with E-state index in [1.165, 1.54) is 4.31 Å². The molecule has 0 spiro atoms. The molecule has 1 aromatic carbocycles. The number of benzene rings is 1. The van der Waals surface area contributed by atoms with Gasteiger partial charge in [-0.2, -0.15) is 9.57 Å². The molecule has 0 fully saturated rings. The summed E-state index contributed by atoms with van der Waals surface area (Å²) in [5.74, 6) is -0.235. The van der Waals surface area contributed by atoms with Crippen LogP contribution >= 0.6 is 0 Å². The lowest BCUT2D eigenvalue weighted by atomic mass is 10.1. The molecule has 6 heteroatoms. The molecule has 1 aromatic rings. The molecular weight excluding hydrogens is 276 g/mol. The van der Waals surface area contributed by atoms with E-state index in [1.54, 1.807) is 45.0 Å². The highest BCUT2D eigenvalue weighted by atomic mass is 32.2. The van der Waals surface area contributed by atoms with Crippen LogP contribution in [0.15, 0.2) is 24.3 Å². The average Bonchev–Trinajstić information content (AvgIpc) is 2.35. The molecule has 20 heavy (non-hydrogen) atoms. The third-order valence-corrected chi connectivity index (χ3v) is 4.63. The maximum absolute atomic E-state index is 12.4. The highest BCUT2D eigenvalue weighted by Gasteiger charge is 2.27. The summed E-state index contributed by atoms with van der Waals surface area (Å²) < 4.78 is 26.0. The first-order chi connectivity index (χ1) is 9.19. The zero-order chi connectivity index (χ0) is 15.4. The number of nitriles is 1. The van der Waals surface area contributed by atoms with Gasteiger partial charge in [0.15, 0.2) is 0 Å². The molecule has 0 unspecified atom stereocenters. The molecule has 1 rings (SSSR count). The highest BCUT2D eigenvalue weighted by molar-refractivity contribution is 7.88. The number of rotatable bonds is 6. The molecule has 0 aliphatic heterocycles. The van der Waals surface area contributed by atoms with Crippen LogP contribution in [0.2, 0.25) is 0 Å². The van der Waals surface area contributed by atoms with Crippen molar-refractivity contribution in [2.45, 2.75) is 32.1 Å². The zero-order valence-electron chi connectivity index (χ0n) is 12.0. The second-order valence-corrected chi connectivity index (χ2v) is 7.23. The Bertz CT molecular complexity index is 598. The molecular formula is C14H20N2O3S. The molecule has 0 radical (unpaired) electrons. The first-order valence-electron chi connectivity index (χ1n) is 6.38. The molecule has 0 amide bonds. The minimum absolute atomic E-state index is 0.0283. The molecule has 0 bridgehead atoms. The highest BCUT2D eigenvalue weighted by Crippen LogP contribution is 2.17. The van der Waals surface area contributed by atoms with Crippen molar-refractivity contribution in [2.24, 2.45) is 0 Å². The van der Waals surface area contributed by atoms with Crippen LogP contribution < -0.4 is 0 Å². The van der Waals surface area contributed by atoms with Crippen molar-refractivity contribution in [3.8, 4) is 6.07 Å². The van der Waals surface area contributed by atoms with E-state index in [9.17, 15) is 13.5 Å². The summed E-state index contributed by atoms with van der Waals surface area (Å²) in [6, 6.07) is 8.62. The number of likely N-dealkylation sites (N-methyl/N-ethyl adjacent to an activating group) is 1. The Labute approximate surface area is 120 Å². The van der Waals surface area contributed by atoms with E-state index in [-0.39, 0.29) is 18.8 Å². The summed E-state index contributed by atoms with van der Waals surface area (Å²) in [5.41, 5.74) is -0.266. The van der Waals surface area contributed by atoms with Gasteiger partial charge >= 0.3 is 0 Å². The molecule has 110 valence electrons. The summed E-state index contributed by atoms with van der Waals surface area (Å²) in [6.07, 6.45) is 0. The second kappa shape index (κ2) is 6.35. The van der Waals surface area contributed by atoms with Crippen molar-refractivity contribution >= 4 is 10.0 Å². The van der Waals surface area contributed by atoms with E-state index in [0.29, 0.717) is 11.1 Å². The minimum atomic E-state index is -3.57. The SMILES string of the molecule is CCN(CC(C)(C)O)S(=O)(=O)Cc1ccccc1C#N. The molecule has 5 nitrogen and oxygen atoms in total. The molecule has 0 heterocycles. The quantitative estimate of drug-likeness (QED) is 0.862. The van der Waals surface area contributed by atoms with Crippen LogP contribution in [-0.2, 0) is 15.8 Å². The number of nitrogens with zero attached hydrogens (tertiary/aromatic N) is 2. The van der Waals surface area contributed by atoms with E-state index < -0.39 is 15.6 Å². The Balaban J connectivity index is 3.02. The van der Waals surface area contributed by atoms with Crippen LogP contribution in [0.5, 0.6) is 0 Å². The summed E-state index contributed by atoms with van der Waals surface area (Å²) in [7, 11) is -3.57. The summed E-state index contributed by atoms with van der Waals surface area (Å²) in [4.78, 5) is 0. The molecule has 0 saturated heterocycles. The first kappa shape index (κ1) is 16.6. The van der Waals surface area contributed by atoms with Gasteiger partial charge in [0, 0.05) is 13.1 Å². The van der Waals surface area contributed by atoms with Gasteiger partial charge in [-0.1, -0.05) is 25.1 Å². The maximum Gasteiger partial charge on any atom is 0.218 e. The lowest BCUT2D eigenvalue weighted by Crippen LogP contribution is -2.42. The van der Waals surface area contributed by atoms with Gasteiger partial charge in [0.25, 0.3) is 0 Å². The third kappa shape index (κ3) is 4.60. The second-order valence-electron chi connectivity index (χ2n) is 5.26. The van der Waals surface area contributed by atoms with E-state index >= 15 is 0 Å². The molecule has 0 saturated carbocycles. The molecule has 0 aliphatic rings. The van der Waals surface area contributed by atoms with Crippen molar-refractivity contribution in [2.75, 3.05) is 13.1 Å². The lowest BCUT2D eigenvalue weighted by Gasteiger charge is -2.27. The van der Waals surface area contributed by atoms with Crippen molar-refractivity contribution in [3.05, 3.63) is 35.4 Å². The van der Waals surface area contributed by atoms with E-state index in [2.05, 4.69) is 0 Å². The predicted octanol–water partition coefficient (Wildman–Crippen LogP) is 1.48. The fourth-order valence-electron chi connectivity index (χ4n) is 1.88. The fourth-order valence-corrected chi connectivity index (χ4v) is 3.61. The van der Waals surface area contributed by atoms with Gasteiger partial charge in [-0.25, -0.2) is 8.42 Å². The minimum Gasteiger partial charge on any atom is -0.389 e. The summed E-state index contributed by atoms with van der Waals surface area (Å²) >= 11 is 0. The van der Waals surface area contributed by atoms with Crippen LogP contribution in [0.3, 0.4) is 0 Å². The molecule has 0 atom stereocenters. The fraction of sp³-hybridized carbons (Fsp3) is 0.500. The van der Waals surface area contributed by atoms with Gasteiger partial charge in [0.05, 0.1) is 23.0 Å². The average molecular weight is 296 g/mol. The summed E-state index contributed by atoms with van der Waals surface area (Å²) in [5, 5.41) is 18.8. The Morgan fingerprint density at radius 3 is 2.45 bits per heavy atom. The predicted molar refractivity (Wildman–Crippen MR) is 77.3 cm³/mol. The lowest BCUT2D eigenvalue weighted by molar-refractivity contribution is 0.0601. The van der Waals surface area contributed by atoms with E-state index in [4.69, 9.17) is 5.26 Å². The van der Waals surface area contributed by atoms with Gasteiger partial charge < -0.3 is 5.11 Å². The zero-order valence-corrected chi connectivity index (χ0v) is 12.8. The van der Waals surface area contributed by atoms with Gasteiger partial charge in [-0.3, -0.25) is 0 Å². The van der Waals surface area contributed by atoms with Crippen molar-refractivity contribution < 1.29 is 13.5 Å². The van der Waals surface area contributed by atoms with Crippen LogP contribution in [0, 0.1) is 11.3 Å². The summed E-state index contributed by atoms with van der Waals surface area (Å²) in [6.45, 7) is 5.16. The van der Waals surface area contributed by atoms with Gasteiger partial charge in [-0.15, -0.1) is 0 Å². The van der Waals surface area contributed by atoms with Crippen LogP contribution in [0.4, 0.5) is 0 Å². The Hall–Kier alpha value is -1.42. The molecule has 1 N–H and O–H groups in total. The largest absolute Gasteiger partial charge is 0.389 e. The maximum atomic E-state index is 12.4. The topological polar surface area (TPSA) is 81.4 Å². The number of hydrogen-bond acceptors (Lipinski definition) is 4. The van der Waals surface area contributed by atoms with Crippen molar-refractivity contribution in [3.63, 3.8) is 0 Å². The van der Waals surface area contributed by atoms with Gasteiger partial charge in [0.2, 0.25) is 10.0 Å². The van der Waals surface area contributed by atoms with Crippen molar-refractivity contribution in [1.29, 1.82) is 5.26 Å². The van der Waals surface area contributed by atoms with Crippen LogP contribution in [-0.4, -0.2) is 36.5 Å². The van der Waals surface area contributed by atoms with Gasteiger partial charge in [0.1, 0.15) is 0 Å². The number of hydrogen-bond donors (Lipinski definition) is 1. The van der Waals surface area contributed by atoms with E-state index in [0.717, 1.165) is 0 Å². The first-order valence-corrected chi connectivity index (χ1v) is 7.98. The Morgan fingerprint density at radius 1 is 1.35 bits per heavy atom. The van der Waals surface area contributed by atoms with Gasteiger partial charge in [-0.05, 0) is 25.5 Å². The molecule has 0 aliphatic carbocycles. The smallest absolute Gasteiger partial charge is 0.218 e. The van der Waals surface area contributed by atoms with Crippen molar-refractivity contribution in [1.82, 2.24) is 4.31 Å². The normalized spacial score (nSPS) is 12.4. The number of aliphatic hydroxyl groups is 1. The van der Waals surface area contributed by atoms with Crippen LogP contribution in [0.25, 0.3) is 0 Å². The monoisotopic (exact) mass is 296 g/mol. The van der Waals surface area contributed by atoms with E-state index in [1.807, 2.05) is 6.07 Å². The standard InChI is InChI=1S/C14H20N2O3S/c1-4-16(11-14(2,3)17)20(18,19)10-13-8-6-5-7-12(13)9-15/h5-8,17H,4,10-11H2,1-3H3. The Kier molecular flexibility index (Phi) is 5.28. The van der Waals surface area contributed by atoms with Crippen LogP contribution in [0.1, 0.15) is 31.9 Å². The third-order valence-electron chi connectivity index (χ3n) is 2.79. The molecule has 0 aromatic heterocycles. The number of sulfonamides is 1. The Morgan fingerprint density at radius 2 is 1.95 bits per heavy atom.